The molecule has 0 aliphatic heterocycles. The van der Waals surface area contributed by atoms with Crippen LogP contribution in [0, 0.1) is 5.41 Å². The second-order valence-corrected chi connectivity index (χ2v) is 2.77. The largest absolute Gasteiger partial charge is 0.484 e. The Morgan fingerprint density at radius 1 is 1.33 bits per heavy atom. The fourth-order valence-electron chi connectivity index (χ4n) is 0.952. The van der Waals surface area contributed by atoms with Crippen molar-refractivity contribution in [2.75, 3.05) is 7.11 Å². The van der Waals surface area contributed by atoms with E-state index in [-0.39, 0.29) is 5.90 Å². The van der Waals surface area contributed by atoms with Gasteiger partial charge in [0.15, 0.2) is 5.90 Å². The van der Waals surface area contributed by atoms with Crippen LogP contribution in [0.25, 0.3) is 0 Å². The van der Waals surface area contributed by atoms with Gasteiger partial charge in [0.2, 0.25) is 0 Å². The first-order valence-corrected chi connectivity index (χ1v) is 4.33. The normalized spacial score (nSPS) is 9.50. The lowest BCUT2D eigenvalue weighted by Gasteiger charge is -2.00. The monoisotopic (exact) mass is 171 g/mol. The zero-order valence-electron chi connectivity index (χ0n) is 7.85. The van der Waals surface area contributed by atoms with Crippen LogP contribution in [0.1, 0.15) is 39.0 Å². The molecular formula is C9H17NO2. The predicted molar refractivity (Wildman–Crippen MR) is 48.5 cm³/mol. The molecule has 0 amide bonds. The van der Waals surface area contributed by atoms with Crippen LogP contribution in [0.5, 0.6) is 0 Å². The van der Waals surface area contributed by atoms with Crippen LogP contribution in [-0.2, 0) is 9.53 Å². The third-order valence-electron chi connectivity index (χ3n) is 1.63. The SMILES string of the molecule is CCCC(=O)CCCC(=N)OC. The number of Topliss-reactive ketones (excluding diaryl/α,β-unsaturated/α-hetero) is 1. The third kappa shape index (κ3) is 5.89. The van der Waals surface area contributed by atoms with E-state index in [0.29, 0.717) is 25.0 Å². The summed E-state index contributed by atoms with van der Waals surface area (Å²) >= 11 is 0. The second-order valence-electron chi connectivity index (χ2n) is 2.77. The van der Waals surface area contributed by atoms with Crippen LogP contribution in [0.3, 0.4) is 0 Å². The topological polar surface area (TPSA) is 50.2 Å². The smallest absolute Gasteiger partial charge is 0.180 e. The Kier molecular flexibility index (Phi) is 6.34. The van der Waals surface area contributed by atoms with Crippen molar-refractivity contribution in [3.8, 4) is 0 Å². The third-order valence-corrected chi connectivity index (χ3v) is 1.63. The summed E-state index contributed by atoms with van der Waals surface area (Å²) in [4.78, 5) is 11.0. The number of carbonyl (C=O) groups is 1. The highest BCUT2D eigenvalue weighted by atomic mass is 16.5. The standard InChI is InChI=1S/C9H17NO2/c1-3-5-8(11)6-4-7-9(10)12-2/h10H,3-7H2,1-2H3. The van der Waals surface area contributed by atoms with Gasteiger partial charge in [-0.3, -0.25) is 10.2 Å². The number of rotatable bonds is 6. The number of hydrogen-bond acceptors (Lipinski definition) is 3. The van der Waals surface area contributed by atoms with Crippen molar-refractivity contribution in [2.45, 2.75) is 39.0 Å². The predicted octanol–water partition coefficient (Wildman–Crippen LogP) is 2.15. The van der Waals surface area contributed by atoms with Gasteiger partial charge in [-0.2, -0.15) is 0 Å². The first-order valence-electron chi connectivity index (χ1n) is 4.33. The van der Waals surface area contributed by atoms with Gasteiger partial charge in [-0.25, -0.2) is 0 Å². The molecule has 0 heterocycles. The zero-order valence-corrected chi connectivity index (χ0v) is 7.85. The summed E-state index contributed by atoms with van der Waals surface area (Å²) in [6.07, 6.45) is 3.48. The van der Waals surface area contributed by atoms with Crippen LogP contribution < -0.4 is 0 Å². The number of methoxy groups -OCH3 is 1. The maximum Gasteiger partial charge on any atom is 0.180 e. The van der Waals surface area contributed by atoms with Crippen molar-refractivity contribution >= 4 is 11.7 Å². The van der Waals surface area contributed by atoms with Gasteiger partial charge in [0.1, 0.15) is 5.78 Å². The van der Waals surface area contributed by atoms with Gasteiger partial charge in [-0.15, -0.1) is 0 Å². The molecule has 0 aliphatic carbocycles. The Balaban J connectivity index is 3.30. The molecule has 0 unspecified atom stereocenters. The summed E-state index contributed by atoms with van der Waals surface area (Å²) in [5, 5.41) is 7.15. The number of ether oxygens (including phenoxy) is 1. The van der Waals surface area contributed by atoms with Gasteiger partial charge in [-0.1, -0.05) is 6.92 Å². The highest BCUT2D eigenvalue weighted by Crippen LogP contribution is 2.02. The molecule has 0 spiro atoms. The Bertz CT molecular complexity index is 155. The Labute approximate surface area is 73.6 Å². The summed E-state index contributed by atoms with van der Waals surface area (Å²) in [5.41, 5.74) is 0. The van der Waals surface area contributed by atoms with Crippen molar-refractivity contribution in [3.05, 3.63) is 0 Å². The number of hydrogen-bond donors (Lipinski definition) is 1. The number of ketones is 1. The van der Waals surface area contributed by atoms with Crippen molar-refractivity contribution in [1.29, 1.82) is 5.41 Å². The van der Waals surface area contributed by atoms with Crippen LogP contribution in [0.15, 0.2) is 0 Å². The zero-order chi connectivity index (χ0) is 9.40. The van der Waals surface area contributed by atoms with Gasteiger partial charge in [0, 0.05) is 19.3 Å². The summed E-state index contributed by atoms with van der Waals surface area (Å²) in [6.45, 7) is 2.00. The lowest BCUT2D eigenvalue weighted by atomic mass is 10.1. The van der Waals surface area contributed by atoms with Gasteiger partial charge in [0.05, 0.1) is 7.11 Å². The van der Waals surface area contributed by atoms with E-state index in [0.717, 1.165) is 12.8 Å². The molecule has 0 aromatic heterocycles. The van der Waals surface area contributed by atoms with E-state index in [9.17, 15) is 4.79 Å². The van der Waals surface area contributed by atoms with Crippen LogP contribution >= 0.6 is 0 Å². The lowest BCUT2D eigenvalue weighted by Crippen LogP contribution is -2.02. The highest BCUT2D eigenvalue weighted by Gasteiger charge is 2.01. The van der Waals surface area contributed by atoms with Gasteiger partial charge in [0.25, 0.3) is 0 Å². The first-order chi connectivity index (χ1) is 5.70. The molecule has 0 aromatic rings. The van der Waals surface area contributed by atoms with Gasteiger partial charge in [-0.05, 0) is 12.8 Å². The minimum absolute atomic E-state index is 0.263. The number of nitrogens with one attached hydrogen (secondary N) is 1. The van der Waals surface area contributed by atoms with Crippen molar-refractivity contribution in [3.63, 3.8) is 0 Å². The molecule has 12 heavy (non-hydrogen) atoms. The summed E-state index contributed by atoms with van der Waals surface area (Å²) in [7, 11) is 1.48. The molecule has 0 radical (unpaired) electrons. The van der Waals surface area contributed by atoms with Crippen molar-refractivity contribution < 1.29 is 9.53 Å². The molecule has 0 fully saturated rings. The van der Waals surface area contributed by atoms with Crippen LogP contribution in [-0.4, -0.2) is 18.8 Å². The van der Waals surface area contributed by atoms with Crippen LogP contribution in [0.4, 0.5) is 0 Å². The van der Waals surface area contributed by atoms with Crippen molar-refractivity contribution in [2.24, 2.45) is 0 Å². The Morgan fingerprint density at radius 2 is 2.00 bits per heavy atom. The highest BCUT2D eigenvalue weighted by molar-refractivity contribution is 5.79. The molecular weight excluding hydrogens is 154 g/mol. The van der Waals surface area contributed by atoms with Crippen LogP contribution in [0.2, 0.25) is 0 Å². The van der Waals surface area contributed by atoms with E-state index in [4.69, 9.17) is 5.41 Å². The fourth-order valence-corrected chi connectivity index (χ4v) is 0.952. The van der Waals surface area contributed by atoms with E-state index >= 15 is 0 Å². The average molecular weight is 171 g/mol. The van der Waals surface area contributed by atoms with Gasteiger partial charge >= 0.3 is 0 Å². The molecule has 70 valence electrons. The Hall–Kier alpha value is -0.860. The second kappa shape index (κ2) is 6.83. The molecule has 0 atom stereocenters. The average Bonchev–Trinajstić information content (AvgIpc) is 2.04. The van der Waals surface area contributed by atoms with Gasteiger partial charge < -0.3 is 4.74 Å². The quantitative estimate of drug-likeness (QED) is 0.491. The molecule has 3 heteroatoms. The number of carbonyl (C=O) groups excluding carboxylic acids is 1. The molecule has 0 bridgehead atoms. The van der Waals surface area contributed by atoms with E-state index < -0.39 is 0 Å². The molecule has 1 N–H and O–H groups in total. The molecule has 0 rings (SSSR count). The molecule has 0 saturated heterocycles. The summed E-state index contributed by atoms with van der Waals surface area (Å²) in [6, 6.07) is 0. The summed E-state index contributed by atoms with van der Waals surface area (Å²) in [5.74, 6) is 0.556. The molecule has 0 aromatic carbocycles. The Morgan fingerprint density at radius 3 is 2.50 bits per heavy atom. The first kappa shape index (κ1) is 11.1. The van der Waals surface area contributed by atoms with E-state index in [1.807, 2.05) is 6.92 Å². The lowest BCUT2D eigenvalue weighted by molar-refractivity contribution is -0.119. The van der Waals surface area contributed by atoms with E-state index in [1.165, 1.54) is 7.11 Å². The molecule has 3 nitrogen and oxygen atoms in total. The maximum atomic E-state index is 11.0. The maximum absolute atomic E-state index is 11.0. The van der Waals surface area contributed by atoms with E-state index in [1.54, 1.807) is 0 Å². The fraction of sp³-hybridized carbons (Fsp3) is 0.778. The minimum atomic E-state index is 0.263. The molecule has 0 saturated carbocycles. The van der Waals surface area contributed by atoms with Crippen molar-refractivity contribution in [1.82, 2.24) is 0 Å². The van der Waals surface area contributed by atoms with E-state index in [2.05, 4.69) is 4.74 Å². The minimum Gasteiger partial charge on any atom is -0.484 e. The molecule has 0 aliphatic rings. The summed E-state index contributed by atoms with van der Waals surface area (Å²) < 4.78 is 4.66.